The maximum atomic E-state index is 10.4. The molecule has 2 N–H and O–H groups in total. The molecule has 0 saturated heterocycles. The van der Waals surface area contributed by atoms with Crippen molar-refractivity contribution in [2.45, 2.75) is 0 Å². The van der Waals surface area contributed by atoms with Crippen LogP contribution in [0.3, 0.4) is 0 Å². The van der Waals surface area contributed by atoms with Gasteiger partial charge in [-0.1, -0.05) is 11.8 Å². The Morgan fingerprint density at radius 1 is 1.47 bits per heavy atom. The molecule has 0 atom stereocenters. The number of rotatable bonds is 3. The Kier molecular flexibility index (Phi) is 3.24. The minimum absolute atomic E-state index is 0.285. The van der Waals surface area contributed by atoms with Crippen molar-refractivity contribution in [3.63, 3.8) is 0 Å². The summed E-state index contributed by atoms with van der Waals surface area (Å²) in [7, 11) is 0. The molecular weight excluding hydrogens is 244 g/mol. The SMILES string of the molecule is NC1=NN=C(/C=C/c2ccc([N+](=O)[O-])o2)CS1. The van der Waals surface area contributed by atoms with Gasteiger partial charge in [0.05, 0.1) is 11.8 Å². The molecule has 0 spiro atoms. The van der Waals surface area contributed by atoms with Crippen molar-refractivity contribution in [1.82, 2.24) is 0 Å². The fourth-order valence-corrected chi connectivity index (χ4v) is 1.66. The van der Waals surface area contributed by atoms with Gasteiger partial charge in [-0.15, -0.1) is 5.10 Å². The van der Waals surface area contributed by atoms with Gasteiger partial charge in [-0.05, 0) is 18.2 Å². The van der Waals surface area contributed by atoms with Gasteiger partial charge in [-0.2, -0.15) is 5.10 Å². The maximum absolute atomic E-state index is 10.4. The van der Waals surface area contributed by atoms with E-state index in [2.05, 4.69) is 10.2 Å². The van der Waals surface area contributed by atoms with Gasteiger partial charge in [0, 0.05) is 5.75 Å². The van der Waals surface area contributed by atoms with Gasteiger partial charge >= 0.3 is 5.88 Å². The van der Waals surface area contributed by atoms with Crippen molar-refractivity contribution in [3.05, 3.63) is 34.1 Å². The van der Waals surface area contributed by atoms with Crippen molar-refractivity contribution in [3.8, 4) is 0 Å². The van der Waals surface area contributed by atoms with Gasteiger partial charge < -0.3 is 10.2 Å². The van der Waals surface area contributed by atoms with Gasteiger partial charge in [0.1, 0.15) is 10.7 Å². The third-order valence-corrected chi connectivity index (χ3v) is 2.69. The average Bonchev–Trinajstić information content (AvgIpc) is 2.77. The molecule has 0 amide bonds. The van der Waals surface area contributed by atoms with Crippen LogP contribution in [0.5, 0.6) is 0 Å². The highest BCUT2D eigenvalue weighted by molar-refractivity contribution is 8.14. The summed E-state index contributed by atoms with van der Waals surface area (Å²) in [5.41, 5.74) is 6.15. The lowest BCUT2D eigenvalue weighted by Crippen LogP contribution is -2.13. The minimum atomic E-state index is -0.587. The highest BCUT2D eigenvalue weighted by Gasteiger charge is 2.10. The summed E-state index contributed by atoms with van der Waals surface area (Å²) in [4.78, 5) is 9.80. The molecule has 0 bridgehead atoms. The molecule has 7 nitrogen and oxygen atoms in total. The van der Waals surface area contributed by atoms with Crippen LogP contribution < -0.4 is 5.73 Å². The Hall–Kier alpha value is -2.09. The Morgan fingerprint density at radius 2 is 2.29 bits per heavy atom. The Morgan fingerprint density at radius 3 is 2.88 bits per heavy atom. The zero-order valence-electron chi connectivity index (χ0n) is 8.57. The summed E-state index contributed by atoms with van der Waals surface area (Å²) >= 11 is 1.38. The summed E-state index contributed by atoms with van der Waals surface area (Å²) in [6.45, 7) is 0. The summed E-state index contributed by atoms with van der Waals surface area (Å²) in [5, 5.41) is 18.4. The van der Waals surface area contributed by atoms with Gasteiger partial charge in [0.15, 0.2) is 5.17 Å². The molecule has 2 heterocycles. The number of allylic oxidation sites excluding steroid dienone is 1. The van der Waals surface area contributed by atoms with Crippen molar-refractivity contribution < 1.29 is 9.34 Å². The fraction of sp³-hybridized carbons (Fsp3) is 0.111. The molecule has 8 heteroatoms. The third-order valence-electron chi connectivity index (χ3n) is 1.88. The zero-order chi connectivity index (χ0) is 12.3. The number of amidine groups is 1. The van der Waals surface area contributed by atoms with E-state index in [0.29, 0.717) is 16.7 Å². The number of nitrogens with two attached hydrogens (primary N) is 1. The lowest BCUT2D eigenvalue weighted by atomic mass is 10.3. The molecule has 0 radical (unpaired) electrons. The average molecular weight is 252 g/mol. The molecule has 1 aromatic rings. The monoisotopic (exact) mass is 252 g/mol. The Balaban J connectivity index is 2.07. The van der Waals surface area contributed by atoms with Crippen LogP contribution in [-0.4, -0.2) is 21.6 Å². The van der Waals surface area contributed by atoms with Crippen LogP contribution in [0.2, 0.25) is 0 Å². The molecule has 0 aliphatic carbocycles. The molecule has 88 valence electrons. The minimum Gasteiger partial charge on any atom is -0.401 e. The van der Waals surface area contributed by atoms with Gasteiger partial charge in [0.25, 0.3) is 0 Å². The van der Waals surface area contributed by atoms with E-state index >= 15 is 0 Å². The summed E-state index contributed by atoms with van der Waals surface area (Å²) in [6, 6.07) is 2.82. The van der Waals surface area contributed by atoms with E-state index in [4.69, 9.17) is 10.2 Å². The quantitative estimate of drug-likeness (QED) is 0.649. The van der Waals surface area contributed by atoms with E-state index in [1.54, 1.807) is 12.2 Å². The van der Waals surface area contributed by atoms with E-state index in [0.717, 1.165) is 5.71 Å². The van der Waals surface area contributed by atoms with Crippen LogP contribution in [0.1, 0.15) is 5.76 Å². The smallest absolute Gasteiger partial charge is 0.401 e. The molecule has 0 aromatic carbocycles. The van der Waals surface area contributed by atoms with Gasteiger partial charge in [-0.25, -0.2) is 0 Å². The summed E-state index contributed by atoms with van der Waals surface area (Å²) < 4.78 is 4.95. The van der Waals surface area contributed by atoms with E-state index in [-0.39, 0.29) is 5.88 Å². The van der Waals surface area contributed by atoms with Crippen molar-refractivity contribution >= 4 is 34.6 Å². The first kappa shape index (κ1) is 11.4. The van der Waals surface area contributed by atoms with Crippen molar-refractivity contribution in [1.29, 1.82) is 0 Å². The first-order valence-electron chi connectivity index (χ1n) is 4.60. The lowest BCUT2D eigenvalue weighted by Gasteiger charge is -2.03. The van der Waals surface area contributed by atoms with E-state index in [1.807, 2.05) is 0 Å². The molecule has 1 aliphatic heterocycles. The number of thioether (sulfide) groups is 1. The number of furan rings is 1. The number of nitrogens with zero attached hydrogens (tertiary/aromatic N) is 3. The normalized spacial score (nSPS) is 15.8. The molecule has 0 unspecified atom stereocenters. The maximum Gasteiger partial charge on any atom is 0.433 e. The summed E-state index contributed by atoms with van der Waals surface area (Å²) in [5.74, 6) is 0.730. The molecule has 1 aromatic heterocycles. The second kappa shape index (κ2) is 4.83. The number of hydrogen-bond acceptors (Lipinski definition) is 7. The van der Waals surface area contributed by atoms with E-state index < -0.39 is 4.92 Å². The first-order chi connectivity index (χ1) is 8.15. The molecule has 0 fully saturated rings. The molecule has 17 heavy (non-hydrogen) atoms. The molecular formula is C9H8N4O3S. The van der Waals surface area contributed by atoms with Crippen LogP contribution >= 0.6 is 11.8 Å². The van der Waals surface area contributed by atoms with Crippen LogP contribution in [0, 0.1) is 10.1 Å². The fourth-order valence-electron chi connectivity index (χ4n) is 1.11. The number of hydrogen-bond donors (Lipinski definition) is 1. The standard InChI is InChI=1S/C9H8N4O3S/c10-9-12-11-6(5-17-9)1-2-7-3-4-8(16-7)13(14)15/h1-4H,5H2,(H2,10,12)/b2-1+. The topological polar surface area (TPSA) is 107 Å². The lowest BCUT2D eigenvalue weighted by molar-refractivity contribution is -0.402. The summed E-state index contributed by atoms with van der Waals surface area (Å²) in [6.07, 6.45) is 3.29. The van der Waals surface area contributed by atoms with Crippen LogP contribution in [-0.2, 0) is 0 Å². The third kappa shape index (κ3) is 2.94. The molecule has 0 saturated carbocycles. The second-order valence-electron chi connectivity index (χ2n) is 3.08. The van der Waals surface area contributed by atoms with Crippen LogP contribution in [0.4, 0.5) is 5.88 Å². The Labute approximate surface area is 100 Å². The van der Waals surface area contributed by atoms with Gasteiger partial charge in [-0.3, -0.25) is 10.1 Å². The number of nitro groups is 1. The van der Waals surface area contributed by atoms with E-state index in [1.165, 1.54) is 23.9 Å². The second-order valence-corrected chi connectivity index (χ2v) is 4.08. The highest BCUT2D eigenvalue weighted by Crippen LogP contribution is 2.17. The predicted octanol–water partition coefficient (Wildman–Crippen LogP) is 1.62. The highest BCUT2D eigenvalue weighted by atomic mass is 32.2. The van der Waals surface area contributed by atoms with Crippen LogP contribution in [0.25, 0.3) is 6.08 Å². The zero-order valence-corrected chi connectivity index (χ0v) is 9.38. The largest absolute Gasteiger partial charge is 0.433 e. The Bertz CT molecular complexity index is 532. The van der Waals surface area contributed by atoms with Crippen molar-refractivity contribution in [2.24, 2.45) is 15.9 Å². The van der Waals surface area contributed by atoms with Gasteiger partial charge in [0.2, 0.25) is 0 Å². The predicted molar refractivity (Wildman–Crippen MR) is 65.9 cm³/mol. The van der Waals surface area contributed by atoms with Crippen molar-refractivity contribution in [2.75, 3.05) is 5.75 Å². The van der Waals surface area contributed by atoms with E-state index in [9.17, 15) is 10.1 Å². The molecule has 2 rings (SSSR count). The van der Waals surface area contributed by atoms with Crippen LogP contribution in [0.15, 0.2) is 32.8 Å². The molecule has 1 aliphatic rings. The first-order valence-corrected chi connectivity index (χ1v) is 5.59.